The highest BCUT2D eigenvalue weighted by Crippen LogP contribution is 2.68. The van der Waals surface area contributed by atoms with Crippen molar-refractivity contribution >= 4 is 5.97 Å². The molecule has 0 spiro atoms. The van der Waals surface area contributed by atoms with E-state index in [9.17, 15) is 4.79 Å². The Bertz CT molecular complexity index is 716. The van der Waals surface area contributed by atoms with Crippen molar-refractivity contribution in [1.29, 1.82) is 0 Å². The molecule has 0 aliphatic heterocycles. The average Bonchev–Trinajstić information content (AvgIpc) is 3.13. The minimum Gasteiger partial charge on any atom is -0.469 e. The summed E-state index contributed by atoms with van der Waals surface area (Å²) in [6.07, 6.45) is 13.3. The van der Waals surface area contributed by atoms with Crippen molar-refractivity contribution < 1.29 is 19.0 Å². The van der Waals surface area contributed by atoms with Crippen LogP contribution in [0.25, 0.3) is 0 Å². The van der Waals surface area contributed by atoms with E-state index in [2.05, 4.69) is 33.8 Å². The normalized spacial score (nSPS) is 44.1. The van der Waals surface area contributed by atoms with Crippen molar-refractivity contribution in [3.8, 4) is 0 Å². The number of ether oxygens (including phenoxy) is 3. The Kier molecular flexibility index (Phi) is 7.13. The molecule has 0 heterocycles. The molecule has 0 radical (unpaired) electrons. The van der Waals surface area contributed by atoms with E-state index in [0.717, 1.165) is 24.2 Å². The summed E-state index contributed by atoms with van der Waals surface area (Å²) in [5.41, 5.74) is 2.33. The highest BCUT2D eigenvalue weighted by atomic mass is 16.7. The molecule has 182 valence electrons. The van der Waals surface area contributed by atoms with Crippen LogP contribution in [0.1, 0.15) is 85.5 Å². The molecule has 4 aliphatic carbocycles. The third-order valence-electron chi connectivity index (χ3n) is 10.7. The summed E-state index contributed by atoms with van der Waals surface area (Å²) in [7, 11) is 3.25. The van der Waals surface area contributed by atoms with Crippen LogP contribution < -0.4 is 0 Å². The van der Waals surface area contributed by atoms with Crippen molar-refractivity contribution in [1.82, 2.24) is 0 Å². The van der Waals surface area contributed by atoms with Gasteiger partial charge in [-0.15, -0.1) is 0 Å². The predicted octanol–water partition coefficient (Wildman–Crippen LogP) is 6.39. The summed E-state index contributed by atoms with van der Waals surface area (Å²) in [6.45, 7) is 10.3. The van der Waals surface area contributed by atoms with Crippen molar-refractivity contribution in [2.75, 3.05) is 21.0 Å². The molecule has 0 saturated heterocycles. The Morgan fingerprint density at radius 1 is 1.16 bits per heavy atom. The lowest BCUT2D eigenvalue weighted by Gasteiger charge is -2.62. The predicted molar refractivity (Wildman–Crippen MR) is 127 cm³/mol. The van der Waals surface area contributed by atoms with Crippen LogP contribution in [0.5, 0.6) is 0 Å². The van der Waals surface area contributed by atoms with Gasteiger partial charge in [-0.3, -0.25) is 4.79 Å². The van der Waals surface area contributed by atoms with E-state index in [1.165, 1.54) is 52.1 Å². The number of hydrogen-bond donors (Lipinski definition) is 0. The smallest absolute Gasteiger partial charge is 0.305 e. The first kappa shape index (κ1) is 24.3. The molecule has 4 rings (SSSR count). The van der Waals surface area contributed by atoms with Crippen LogP contribution in [0, 0.1) is 46.3 Å². The number of methoxy groups -OCH3 is 2. The van der Waals surface area contributed by atoms with E-state index in [0.29, 0.717) is 47.9 Å². The maximum absolute atomic E-state index is 11.8. The lowest BCUT2D eigenvalue weighted by Crippen LogP contribution is -2.58. The quantitative estimate of drug-likeness (QED) is 0.258. The number of fused-ring (bicyclic) bond motifs is 5. The zero-order valence-corrected chi connectivity index (χ0v) is 21.3. The number of carbonyl (C=O) groups is 1. The molecule has 9 atom stereocenters. The Balaban J connectivity index is 1.58. The number of hydrogen-bond acceptors (Lipinski definition) is 4. The maximum atomic E-state index is 11.8. The zero-order chi connectivity index (χ0) is 23.1. The first-order chi connectivity index (χ1) is 15.2. The monoisotopic (exact) mass is 446 g/mol. The molecule has 3 fully saturated rings. The second-order valence-electron chi connectivity index (χ2n) is 12.1. The molecule has 4 nitrogen and oxygen atoms in total. The molecule has 4 aliphatic rings. The maximum Gasteiger partial charge on any atom is 0.305 e. The van der Waals surface area contributed by atoms with E-state index in [1.807, 2.05) is 0 Å². The molecule has 0 aromatic heterocycles. The molecule has 0 N–H and O–H groups in total. The van der Waals surface area contributed by atoms with Crippen molar-refractivity contribution in [3.05, 3.63) is 11.6 Å². The van der Waals surface area contributed by atoms with Crippen LogP contribution in [0.15, 0.2) is 11.6 Å². The highest BCUT2D eigenvalue weighted by molar-refractivity contribution is 5.69. The SMILES string of the molecule is COCOC1C[C@@H]2CC(C)=CC[C@]2(C)C2CC[C@@]3(C)C(CC[C@@H]3[C@H](C)CCC(=O)OC)C12. The minimum absolute atomic E-state index is 0.0693. The number of rotatable bonds is 7. The van der Waals surface area contributed by atoms with Crippen molar-refractivity contribution in [2.45, 2.75) is 91.6 Å². The Labute approximate surface area is 195 Å². The molecule has 4 heteroatoms. The van der Waals surface area contributed by atoms with Crippen LogP contribution in [-0.4, -0.2) is 33.1 Å². The molecule has 4 unspecified atom stereocenters. The first-order valence-corrected chi connectivity index (χ1v) is 13.1. The summed E-state index contributed by atoms with van der Waals surface area (Å²) in [5.74, 6) is 4.02. The number of allylic oxidation sites excluding steroid dienone is 2. The molecular weight excluding hydrogens is 400 g/mol. The summed E-state index contributed by atoms with van der Waals surface area (Å²) in [6, 6.07) is 0. The summed E-state index contributed by atoms with van der Waals surface area (Å²) in [5, 5.41) is 0. The third kappa shape index (κ3) is 4.08. The lowest BCUT2D eigenvalue weighted by molar-refractivity contribution is -0.195. The largest absolute Gasteiger partial charge is 0.469 e. The van der Waals surface area contributed by atoms with Gasteiger partial charge in [0.05, 0.1) is 13.2 Å². The Morgan fingerprint density at radius 2 is 1.91 bits per heavy atom. The zero-order valence-electron chi connectivity index (χ0n) is 21.3. The van der Waals surface area contributed by atoms with Gasteiger partial charge in [0.15, 0.2) is 0 Å². The fourth-order valence-electron chi connectivity index (χ4n) is 8.95. The van der Waals surface area contributed by atoms with E-state index >= 15 is 0 Å². The van der Waals surface area contributed by atoms with Gasteiger partial charge in [0, 0.05) is 13.5 Å². The lowest BCUT2D eigenvalue weighted by atomic mass is 9.44. The standard InChI is InChI=1S/C28H46O4/c1-18-11-13-27(3)20(15-18)16-24(32-17-30-5)26-22-9-8-21(19(2)7-10-25(29)31-6)28(22,4)14-12-23(26)27/h11,19-24,26H,7-10,12-17H2,1-6H3/t19-,20+,21-,22?,23?,24?,26?,27+,28-/m1/s1. The van der Waals surface area contributed by atoms with Gasteiger partial charge in [-0.25, -0.2) is 0 Å². The van der Waals surface area contributed by atoms with Crippen molar-refractivity contribution in [3.63, 3.8) is 0 Å². The van der Waals surface area contributed by atoms with Gasteiger partial charge < -0.3 is 14.2 Å². The van der Waals surface area contributed by atoms with Crippen LogP contribution in [0.2, 0.25) is 0 Å². The number of esters is 1. The van der Waals surface area contributed by atoms with Crippen LogP contribution in [0.4, 0.5) is 0 Å². The fourth-order valence-corrected chi connectivity index (χ4v) is 8.95. The summed E-state index contributed by atoms with van der Waals surface area (Å²) < 4.78 is 16.8. The average molecular weight is 447 g/mol. The molecular formula is C28H46O4. The van der Waals surface area contributed by atoms with Crippen LogP contribution in [-0.2, 0) is 19.0 Å². The second-order valence-corrected chi connectivity index (χ2v) is 12.1. The Hall–Kier alpha value is -0.870. The summed E-state index contributed by atoms with van der Waals surface area (Å²) >= 11 is 0. The molecule has 0 amide bonds. The number of carbonyl (C=O) groups excluding carboxylic acids is 1. The van der Waals surface area contributed by atoms with Gasteiger partial charge in [-0.05, 0) is 105 Å². The molecule has 0 aromatic rings. The summed E-state index contributed by atoms with van der Waals surface area (Å²) in [4.78, 5) is 11.8. The molecule has 32 heavy (non-hydrogen) atoms. The Morgan fingerprint density at radius 3 is 2.62 bits per heavy atom. The van der Waals surface area contributed by atoms with E-state index < -0.39 is 0 Å². The van der Waals surface area contributed by atoms with Gasteiger partial charge in [-0.1, -0.05) is 32.4 Å². The van der Waals surface area contributed by atoms with Gasteiger partial charge >= 0.3 is 5.97 Å². The topological polar surface area (TPSA) is 44.8 Å². The van der Waals surface area contributed by atoms with E-state index in [-0.39, 0.29) is 5.97 Å². The van der Waals surface area contributed by atoms with Crippen molar-refractivity contribution in [2.24, 2.45) is 46.3 Å². The minimum atomic E-state index is -0.0693. The third-order valence-corrected chi connectivity index (χ3v) is 10.7. The van der Waals surface area contributed by atoms with E-state index in [4.69, 9.17) is 14.2 Å². The van der Waals surface area contributed by atoms with Gasteiger partial charge in [0.2, 0.25) is 0 Å². The van der Waals surface area contributed by atoms with Crippen LogP contribution >= 0.6 is 0 Å². The second kappa shape index (κ2) is 9.41. The molecule has 0 aromatic carbocycles. The van der Waals surface area contributed by atoms with Gasteiger partial charge in [-0.2, -0.15) is 0 Å². The van der Waals surface area contributed by atoms with E-state index in [1.54, 1.807) is 12.7 Å². The highest BCUT2D eigenvalue weighted by Gasteiger charge is 2.62. The van der Waals surface area contributed by atoms with Gasteiger partial charge in [0.1, 0.15) is 6.79 Å². The van der Waals surface area contributed by atoms with Gasteiger partial charge in [0.25, 0.3) is 0 Å². The van der Waals surface area contributed by atoms with Crippen LogP contribution in [0.3, 0.4) is 0 Å². The molecule has 0 bridgehead atoms. The fraction of sp³-hybridized carbons (Fsp3) is 0.893. The molecule has 3 saturated carbocycles. The first-order valence-electron chi connectivity index (χ1n) is 13.1.